The second kappa shape index (κ2) is 28.2. The second-order valence-corrected chi connectivity index (χ2v) is 18.5. The van der Waals surface area contributed by atoms with Crippen LogP contribution in [0.4, 0.5) is 0 Å². The molecule has 16 N–H and O–H groups in total. The Kier molecular flexibility index (Phi) is 24.8. The highest BCUT2D eigenvalue weighted by molar-refractivity contribution is 6.00. The predicted octanol–water partition coefficient (Wildman–Crippen LogP) is -6.54. The quantitative estimate of drug-likeness (QED) is 0.0769. The summed E-state index contributed by atoms with van der Waals surface area (Å²) in [5.41, 5.74) is -4.00. The monoisotopic (exact) mass is 1000 g/mol. The molecular weight excluding hydrogens is 933 g/mol. The van der Waals surface area contributed by atoms with Gasteiger partial charge in [-0.25, -0.2) is 0 Å². The lowest BCUT2D eigenvalue weighted by atomic mass is 10.00. The van der Waals surface area contributed by atoms with Crippen LogP contribution in [-0.4, -0.2) is 187 Å². The van der Waals surface area contributed by atoms with E-state index in [9.17, 15) is 88.2 Å². The smallest absolute Gasteiger partial charge is 0.303 e. The number of carbonyl (C=O) groups excluding carboxylic acids is 10. The van der Waals surface area contributed by atoms with Crippen molar-refractivity contribution in [1.82, 2.24) is 53.2 Å². The third-order valence-corrected chi connectivity index (χ3v) is 10.5. The van der Waals surface area contributed by atoms with Gasteiger partial charge in [0.05, 0.1) is 26.4 Å². The van der Waals surface area contributed by atoms with Crippen molar-refractivity contribution in [3.63, 3.8) is 0 Å². The lowest BCUT2D eigenvalue weighted by Gasteiger charge is -2.31. The highest BCUT2D eigenvalue weighted by atomic mass is 16.4. The predicted molar refractivity (Wildman–Crippen MR) is 241 cm³/mol. The molecule has 1 saturated heterocycles. The highest BCUT2D eigenvalue weighted by Gasteiger charge is 2.40. The third kappa shape index (κ3) is 20.2. The fourth-order valence-corrected chi connectivity index (χ4v) is 6.47. The zero-order chi connectivity index (χ0) is 53.8. The molecule has 0 spiro atoms. The van der Waals surface area contributed by atoms with Crippen molar-refractivity contribution in [2.75, 3.05) is 26.4 Å². The van der Waals surface area contributed by atoms with Gasteiger partial charge in [0.2, 0.25) is 59.1 Å². The van der Waals surface area contributed by atoms with Crippen molar-refractivity contribution >= 4 is 71.0 Å². The minimum atomic E-state index is -2.00. The average Bonchev–Trinajstić information content (AvgIpc) is 3.25. The molecule has 1 aliphatic heterocycles. The van der Waals surface area contributed by atoms with Crippen LogP contribution in [-0.2, 0) is 57.5 Å². The van der Waals surface area contributed by atoms with Crippen molar-refractivity contribution in [3.05, 3.63) is 0 Å². The molecule has 1 rings (SSSR count). The van der Waals surface area contributed by atoms with E-state index in [-0.39, 0.29) is 24.7 Å². The number of aliphatic carboxylic acids is 2. The van der Waals surface area contributed by atoms with E-state index < -0.39 is 183 Å². The van der Waals surface area contributed by atoms with Crippen molar-refractivity contribution in [2.24, 2.45) is 11.8 Å². The largest absolute Gasteiger partial charge is 0.481 e. The Morgan fingerprint density at radius 2 is 0.629 bits per heavy atom. The fourth-order valence-electron chi connectivity index (χ4n) is 6.47. The first kappa shape index (κ1) is 61.5. The lowest BCUT2D eigenvalue weighted by molar-refractivity contribution is -0.140. The molecule has 0 aromatic carbocycles. The number of aliphatic hydroxyl groups excluding tert-OH is 4. The first-order chi connectivity index (χ1) is 32.4. The summed E-state index contributed by atoms with van der Waals surface area (Å²) in [4.78, 5) is 159. The van der Waals surface area contributed by atoms with Crippen LogP contribution >= 0.6 is 0 Å². The van der Waals surface area contributed by atoms with Gasteiger partial charge < -0.3 is 83.8 Å². The maximum Gasteiger partial charge on any atom is 0.303 e. The summed E-state index contributed by atoms with van der Waals surface area (Å²) in [5, 5.41) is 82.0. The Labute approximate surface area is 403 Å². The number of amides is 10. The molecule has 396 valence electrons. The van der Waals surface area contributed by atoms with E-state index in [0.29, 0.717) is 0 Å². The van der Waals surface area contributed by atoms with Crippen LogP contribution in [0.1, 0.15) is 93.9 Å². The van der Waals surface area contributed by atoms with Gasteiger partial charge in [0, 0.05) is 12.8 Å². The van der Waals surface area contributed by atoms with Crippen LogP contribution in [0.3, 0.4) is 0 Å². The van der Waals surface area contributed by atoms with E-state index in [1.807, 2.05) is 0 Å². The topological polar surface area (TPSA) is 447 Å². The van der Waals surface area contributed by atoms with Crippen molar-refractivity contribution in [3.8, 4) is 0 Å². The lowest BCUT2D eigenvalue weighted by Crippen LogP contribution is -2.65. The zero-order valence-electron chi connectivity index (χ0n) is 40.4. The van der Waals surface area contributed by atoms with E-state index in [0.717, 1.165) is 27.7 Å². The van der Waals surface area contributed by atoms with Crippen LogP contribution in [0.15, 0.2) is 0 Å². The highest BCUT2D eigenvalue weighted by Crippen LogP contribution is 2.12. The second-order valence-electron chi connectivity index (χ2n) is 18.5. The van der Waals surface area contributed by atoms with Crippen LogP contribution in [0.5, 0.6) is 0 Å². The number of rotatable bonds is 14. The molecule has 1 aliphatic rings. The van der Waals surface area contributed by atoms with Gasteiger partial charge in [-0.2, -0.15) is 0 Å². The van der Waals surface area contributed by atoms with Crippen LogP contribution in [0.25, 0.3) is 0 Å². The molecule has 8 atom stereocenters. The van der Waals surface area contributed by atoms with Gasteiger partial charge in [0.25, 0.3) is 0 Å². The first-order valence-corrected chi connectivity index (χ1v) is 22.4. The van der Waals surface area contributed by atoms with Gasteiger partial charge in [-0.3, -0.25) is 57.5 Å². The summed E-state index contributed by atoms with van der Waals surface area (Å²) < 4.78 is 0. The number of carboxylic acids is 2. The number of carboxylic acid groups (broad SMARTS) is 2. The molecule has 0 aromatic rings. The maximum atomic E-state index is 13.6. The molecule has 0 radical (unpaired) electrons. The molecule has 0 unspecified atom stereocenters. The Bertz CT molecular complexity index is 1790. The van der Waals surface area contributed by atoms with Gasteiger partial charge in [-0.15, -0.1) is 0 Å². The standard InChI is InChI=1S/C42H70N10O18/c1-19(2)13-23-31(61)47-25(15-53)33(63)43-21(9-11-29(57)58)37(67)52-42(7,8)40(70)50-28(18-56)36(66)46-24(14-20(3)4)32(62)48-26(16-54)34(64)44-22(10-12-30(59)60)38(68)51-41(5,6)39(69)49-27(17-55)35(65)45-23/h19-28,53-56H,9-18H2,1-8H3,(H,43,63)(H,44,64)(H,45,65)(H,46,66)(H,47,61)(H,48,62)(H,49,69)(H,50,70)(H,51,68)(H,52,67)(H,57,58)(H,59,60)/t21-,22-,23+,24+,25-,26-,27+,28+/m1/s1. The average molecular weight is 1000 g/mol. The van der Waals surface area contributed by atoms with Gasteiger partial charge in [0.1, 0.15) is 59.4 Å². The first-order valence-electron chi connectivity index (χ1n) is 22.4. The molecule has 28 heteroatoms. The summed E-state index contributed by atoms with van der Waals surface area (Å²) in [6, 6.07) is -13.8. The van der Waals surface area contributed by atoms with Crippen molar-refractivity contribution in [2.45, 2.75) is 153 Å². The number of nitrogens with one attached hydrogen (secondary N) is 10. The summed E-state index contributed by atoms with van der Waals surface area (Å²) in [7, 11) is 0. The van der Waals surface area contributed by atoms with E-state index in [4.69, 9.17) is 0 Å². The van der Waals surface area contributed by atoms with Gasteiger partial charge in [-0.1, -0.05) is 27.7 Å². The number of hydrogen-bond donors (Lipinski definition) is 16. The van der Waals surface area contributed by atoms with Crippen molar-refractivity contribution < 1.29 is 88.2 Å². The summed E-state index contributed by atoms with van der Waals surface area (Å²) in [5.74, 6) is -15.0. The Hall–Kier alpha value is -6.52. The van der Waals surface area contributed by atoms with E-state index in [1.165, 1.54) is 0 Å². The van der Waals surface area contributed by atoms with E-state index in [2.05, 4.69) is 53.2 Å². The van der Waals surface area contributed by atoms with Crippen molar-refractivity contribution in [1.29, 1.82) is 0 Å². The third-order valence-electron chi connectivity index (χ3n) is 10.5. The minimum absolute atomic E-state index is 0.132. The molecule has 0 aromatic heterocycles. The molecule has 0 bridgehead atoms. The molecule has 10 amide bonds. The molecule has 0 aliphatic carbocycles. The van der Waals surface area contributed by atoms with Crippen LogP contribution in [0.2, 0.25) is 0 Å². The summed E-state index contributed by atoms with van der Waals surface area (Å²) in [6.07, 6.45) is -2.89. The molecular formula is C42H70N10O18. The Morgan fingerprint density at radius 1 is 0.400 bits per heavy atom. The number of carbonyl (C=O) groups is 12. The number of hydrogen-bond acceptors (Lipinski definition) is 16. The van der Waals surface area contributed by atoms with Gasteiger partial charge in [0.15, 0.2) is 0 Å². The molecule has 1 heterocycles. The molecule has 70 heavy (non-hydrogen) atoms. The van der Waals surface area contributed by atoms with Gasteiger partial charge >= 0.3 is 11.9 Å². The zero-order valence-corrected chi connectivity index (χ0v) is 40.4. The van der Waals surface area contributed by atoms with Gasteiger partial charge in [-0.05, 0) is 65.2 Å². The molecule has 1 fully saturated rings. The number of aliphatic hydroxyl groups is 4. The molecule has 28 nitrogen and oxygen atoms in total. The Balaban J connectivity index is 3.89. The molecule has 0 saturated carbocycles. The Morgan fingerprint density at radius 3 is 0.871 bits per heavy atom. The normalized spacial score (nSPS) is 26.4. The van der Waals surface area contributed by atoms with Crippen LogP contribution < -0.4 is 53.2 Å². The summed E-state index contributed by atoms with van der Waals surface area (Å²) in [6.45, 7) is 6.80. The van der Waals surface area contributed by atoms with Crippen LogP contribution in [0, 0.1) is 11.8 Å². The van der Waals surface area contributed by atoms with E-state index >= 15 is 0 Å². The maximum absolute atomic E-state index is 13.6. The SMILES string of the molecule is CC(C)C[C@@H]1NC(=O)[C@H](CO)NC(=O)C(C)(C)NC(=O)[C@@H](CCC(=O)O)NC(=O)[C@@H](CO)NC(=O)[C@H](CC(C)C)NC(=O)[C@H](CO)NC(=O)C(C)(C)NC(=O)[C@@H](CCC(=O)O)NC(=O)[C@@H](CO)NC1=O. The summed E-state index contributed by atoms with van der Waals surface area (Å²) >= 11 is 0. The van der Waals surface area contributed by atoms with E-state index in [1.54, 1.807) is 27.7 Å². The minimum Gasteiger partial charge on any atom is -0.481 e. The fraction of sp³-hybridized carbons (Fsp3) is 0.714.